The van der Waals surface area contributed by atoms with Gasteiger partial charge in [-0.1, -0.05) is 52.3 Å². The molecular formula is C27H39N3O6Si. The number of esters is 1. The average Bonchev–Trinajstić information content (AvgIpc) is 2.85. The summed E-state index contributed by atoms with van der Waals surface area (Å²) in [7, 11) is -2.11. The molecule has 1 amide bonds. The number of nitrogens with one attached hydrogen (secondary N) is 1. The summed E-state index contributed by atoms with van der Waals surface area (Å²) in [5.74, 6) is -0.835. The van der Waals surface area contributed by atoms with Gasteiger partial charge in [-0.3, -0.25) is 14.3 Å². The van der Waals surface area contributed by atoms with E-state index in [1.54, 1.807) is 29.2 Å². The first-order chi connectivity index (χ1) is 17.5. The van der Waals surface area contributed by atoms with Crippen molar-refractivity contribution >= 4 is 20.2 Å². The third-order valence-electron chi connectivity index (χ3n) is 6.91. The SMILES string of the molecule is CCCCOc1c2n(ccc1=O)NC(CO[Si](C)(C)C(C)(C)C)N(CCOC(=O)c1ccccc1)C2=O. The van der Waals surface area contributed by atoms with E-state index in [-0.39, 0.29) is 47.6 Å². The predicted octanol–water partition coefficient (Wildman–Crippen LogP) is 4.23. The molecule has 0 saturated heterocycles. The number of carbonyl (C=O) groups excluding carboxylic acids is 2. The molecule has 0 fully saturated rings. The van der Waals surface area contributed by atoms with Crippen LogP contribution in [0.5, 0.6) is 5.75 Å². The van der Waals surface area contributed by atoms with E-state index < -0.39 is 20.5 Å². The van der Waals surface area contributed by atoms with E-state index in [1.165, 1.54) is 16.9 Å². The first kappa shape index (κ1) is 28.5. The monoisotopic (exact) mass is 529 g/mol. The second kappa shape index (κ2) is 12.0. The molecule has 1 aromatic carbocycles. The van der Waals surface area contributed by atoms with Crippen molar-refractivity contribution in [2.24, 2.45) is 0 Å². The Morgan fingerprint density at radius 3 is 2.43 bits per heavy atom. The van der Waals surface area contributed by atoms with Crippen LogP contribution >= 0.6 is 0 Å². The van der Waals surface area contributed by atoms with Gasteiger partial charge in [0, 0.05) is 12.3 Å². The van der Waals surface area contributed by atoms with Crippen molar-refractivity contribution in [3.8, 4) is 5.75 Å². The van der Waals surface area contributed by atoms with Gasteiger partial charge in [0.05, 0.1) is 25.3 Å². The number of pyridine rings is 1. The summed E-state index contributed by atoms with van der Waals surface area (Å²) in [6.45, 7) is 13.5. The van der Waals surface area contributed by atoms with Crippen LogP contribution in [0.3, 0.4) is 0 Å². The molecule has 1 aliphatic rings. The quantitative estimate of drug-likeness (QED) is 0.264. The average molecular weight is 530 g/mol. The maximum absolute atomic E-state index is 13.8. The van der Waals surface area contributed by atoms with Gasteiger partial charge in [0.2, 0.25) is 5.43 Å². The Morgan fingerprint density at radius 2 is 1.78 bits per heavy atom. The minimum atomic E-state index is -2.11. The molecule has 1 atom stereocenters. The highest BCUT2D eigenvalue weighted by Crippen LogP contribution is 2.37. The van der Waals surface area contributed by atoms with E-state index in [1.807, 2.05) is 13.0 Å². The molecule has 0 aliphatic carbocycles. The Labute approximate surface area is 219 Å². The molecule has 1 unspecified atom stereocenters. The number of carbonyl (C=O) groups is 2. The van der Waals surface area contributed by atoms with Crippen LogP contribution in [0, 0.1) is 0 Å². The summed E-state index contributed by atoms with van der Waals surface area (Å²) in [5, 5.41) is -0.00941. The highest BCUT2D eigenvalue weighted by molar-refractivity contribution is 6.74. The predicted molar refractivity (Wildman–Crippen MR) is 145 cm³/mol. The van der Waals surface area contributed by atoms with Crippen LogP contribution in [-0.4, -0.2) is 62.3 Å². The van der Waals surface area contributed by atoms with E-state index in [0.29, 0.717) is 12.2 Å². The van der Waals surface area contributed by atoms with Crippen molar-refractivity contribution in [1.82, 2.24) is 9.58 Å². The third-order valence-corrected chi connectivity index (χ3v) is 11.4. The van der Waals surface area contributed by atoms with Gasteiger partial charge in [-0.05, 0) is 36.7 Å². The largest absolute Gasteiger partial charge is 0.487 e. The summed E-state index contributed by atoms with van der Waals surface area (Å²) in [6, 6.07) is 10.1. The van der Waals surface area contributed by atoms with Crippen LogP contribution in [0.1, 0.15) is 61.4 Å². The molecule has 0 radical (unpaired) electrons. The lowest BCUT2D eigenvalue weighted by Crippen LogP contribution is -2.58. The fourth-order valence-corrected chi connectivity index (χ4v) is 4.58. The van der Waals surface area contributed by atoms with Crippen molar-refractivity contribution in [2.75, 3.05) is 31.8 Å². The number of unbranched alkanes of at least 4 members (excludes halogenated alkanes) is 1. The molecule has 2 aromatic rings. The zero-order valence-corrected chi connectivity index (χ0v) is 23.7. The molecule has 1 aromatic heterocycles. The number of hydrogen-bond donors (Lipinski definition) is 1. The lowest BCUT2D eigenvalue weighted by molar-refractivity contribution is 0.0340. The number of aromatic nitrogens is 1. The summed E-state index contributed by atoms with van der Waals surface area (Å²) in [6.07, 6.45) is 2.66. The zero-order chi connectivity index (χ0) is 27.2. The first-order valence-electron chi connectivity index (χ1n) is 12.8. The van der Waals surface area contributed by atoms with E-state index >= 15 is 0 Å². The van der Waals surface area contributed by atoms with Gasteiger partial charge in [0.25, 0.3) is 5.91 Å². The first-order valence-corrected chi connectivity index (χ1v) is 15.7. The van der Waals surface area contributed by atoms with Crippen molar-refractivity contribution < 1.29 is 23.5 Å². The fourth-order valence-electron chi connectivity index (χ4n) is 3.57. The summed E-state index contributed by atoms with van der Waals surface area (Å²) in [4.78, 5) is 40.4. The van der Waals surface area contributed by atoms with E-state index in [2.05, 4.69) is 39.3 Å². The van der Waals surface area contributed by atoms with Crippen LogP contribution in [0.15, 0.2) is 47.4 Å². The molecule has 2 heterocycles. The molecule has 1 N–H and O–H groups in total. The van der Waals surface area contributed by atoms with Gasteiger partial charge < -0.3 is 24.2 Å². The summed E-state index contributed by atoms with van der Waals surface area (Å²) >= 11 is 0. The van der Waals surface area contributed by atoms with E-state index in [9.17, 15) is 14.4 Å². The molecule has 0 spiro atoms. The van der Waals surface area contributed by atoms with E-state index in [4.69, 9.17) is 13.9 Å². The normalized spacial score (nSPS) is 15.7. The topological polar surface area (TPSA) is 99.1 Å². The van der Waals surface area contributed by atoms with Crippen molar-refractivity contribution in [3.05, 3.63) is 64.1 Å². The van der Waals surface area contributed by atoms with Gasteiger partial charge in [-0.25, -0.2) is 4.79 Å². The highest BCUT2D eigenvalue weighted by atomic mass is 28.4. The van der Waals surface area contributed by atoms with Crippen molar-refractivity contribution in [3.63, 3.8) is 0 Å². The van der Waals surface area contributed by atoms with Crippen LogP contribution in [0.4, 0.5) is 0 Å². The number of nitrogens with zero attached hydrogens (tertiary/aromatic N) is 2. The maximum Gasteiger partial charge on any atom is 0.338 e. The summed E-state index contributed by atoms with van der Waals surface area (Å²) < 4.78 is 19.2. The lowest BCUT2D eigenvalue weighted by atomic mass is 10.2. The van der Waals surface area contributed by atoms with Crippen molar-refractivity contribution in [2.45, 2.75) is 64.8 Å². The molecule has 3 rings (SSSR count). The Kier molecular flexibility index (Phi) is 9.20. The molecule has 0 saturated carbocycles. The van der Waals surface area contributed by atoms with Crippen LogP contribution in [0.25, 0.3) is 0 Å². The smallest absolute Gasteiger partial charge is 0.338 e. The molecule has 9 nitrogen and oxygen atoms in total. The number of benzene rings is 1. The van der Waals surface area contributed by atoms with Gasteiger partial charge in [0.15, 0.2) is 19.8 Å². The highest BCUT2D eigenvalue weighted by Gasteiger charge is 2.40. The van der Waals surface area contributed by atoms with Gasteiger partial charge in [-0.2, -0.15) is 0 Å². The minimum Gasteiger partial charge on any atom is -0.487 e. The number of rotatable bonds is 11. The van der Waals surface area contributed by atoms with Gasteiger partial charge in [0.1, 0.15) is 12.8 Å². The lowest BCUT2D eigenvalue weighted by Gasteiger charge is -2.42. The fraction of sp³-hybridized carbons (Fsp3) is 0.519. The molecule has 202 valence electrons. The molecule has 37 heavy (non-hydrogen) atoms. The van der Waals surface area contributed by atoms with Crippen LogP contribution in [-0.2, 0) is 9.16 Å². The van der Waals surface area contributed by atoms with Crippen molar-refractivity contribution in [1.29, 1.82) is 0 Å². The molecule has 1 aliphatic heterocycles. The standard InChI is InChI=1S/C27H39N3O6Si/c1-7-8-17-34-24-21(31)14-15-30-23(24)25(32)29(16-18-35-26(33)20-12-10-9-11-13-20)22(28-30)19-36-37(5,6)27(2,3)4/h9-15,22,28H,7-8,16-19H2,1-6H3. The Morgan fingerprint density at radius 1 is 1.08 bits per heavy atom. The zero-order valence-electron chi connectivity index (χ0n) is 22.7. The van der Waals surface area contributed by atoms with Crippen LogP contribution in [0.2, 0.25) is 18.1 Å². The van der Waals surface area contributed by atoms with Crippen LogP contribution < -0.4 is 15.6 Å². The number of ether oxygens (including phenoxy) is 2. The second-order valence-corrected chi connectivity index (χ2v) is 15.5. The number of hydrogen-bond acceptors (Lipinski definition) is 7. The van der Waals surface area contributed by atoms with Gasteiger partial charge in [-0.15, -0.1) is 0 Å². The Balaban J connectivity index is 1.85. The number of fused-ring (bicyclic) bond motifs is 1. The minimum absolute atomic E-state index is 0.00941. The second-order valence-electron chi connectivity index (χ2n) is 10.6. The maximum atomic E-state index is 13.8. The Hall–Kier alpha value is -3.11. The molecule has 10 heteroatoms. The molecular weight excluding hydrogens is 490 g/mol. The Bertz CT molecular complexity index is 1140. The van der Waals surface area contributed by atoms with E-state index in [0.717, 1.165) is 12.8 Å². The summed E-state index contributed by atoms with van der Waals surface area (Å²) in [5.41, 5.74) is 3.49. The number of amides is 1. The van der Waals surface area contributed by atoms with Gasteiger partial charge >= 0.3 is 5.97 Å². The molecule has 0 bridgehead atoms. The third kappa shape index (κ3) is 6.81.